The van der Waals surface area contributed by atoms with E-state index in [1.807, 2.05) is 30.3 Å². The van der Waals surface area contributed by atoms with Crippen LogP contribution in [0, 0.1) is 0 Å². The van der Waals surface area contributed by atoms with Gasteiger partial charge in [0.15, 0.2) is 0 Å². The van der Waals surface area contributed by atoms with Gasteiger partial charge < -0.3 is 14.3 Å². The van der Waals surface area contributed by atoms with E-state index in [9.17, 15) is 0 Å². The lowest BCUT2D eigenvalue weighted by Gasteiger charge is -2.34. The average Bonchev–Trinajstić information content (AvgIpc) is 3.47. The first-order chi connectivity index (χ1) is 14.3. The van der Waals surface area contributed by atoms with Gasteiger partial charge in [0.25, 0.3) is 5.89 Å². The summed E-state index contributed by atoms with van der Waals surface area (Å²) >= 11 is 0. The molecule has 2 aromatic carbocycles. The van der Waals surface area contributed by atoms with Gasteiger partial charge in [-0.05, 0) is 55.1 Å². The Morgan fingerprint density at radius 2 is 1.52 bits per heavy atom. The number of rotatable bonds is 4. The topological polar surface area (TPSA) is 74.1 Å². The molecule has 0 bridgehead atoms. The van der Waals surface area contributed by atoms with E-state index < -0.39 is 0 Å². The number of hydrogen-bond acceptors (Lipinski definition) is 6. The number of anilines is 1. The van der Waals surface area contributed by atoms with Crippen LogP contribution in [-0.2, 0) is 0 Å². The molecule has 2 aromatic heterocycles. The molecule has 7 heteroatoms. The number of benzene rings is 2. The molecule has 4 aromatic rings. The van der Waals surface area contributed by atoms with Gasteiger partial charge in [-0.15, -0.1) is 0 Å². The Balaban J connectivity index is 1.32. The van der Waals surface area contributed by atoms with Crippen LogP contribution < -0.4 is 4.90 Å². The van der Waals surface area contributed by atoms with Gasteiger partial charge in [-0.2, -0.15) is 10.1 Å². The van der Waals surface area contributed by atoms with Gasteiger partial charge in [-0.1, -0.05) is 17.3 Å². The molecule has 5 rings (SSSR count). The second kappa shape index (κ2) is 7.52. The van der Waals surface area contributed by atoms with E-state index >= 15 is 0 Å². The summed E-state index contributed by atoms with van der Waals surface area (Å²) in [5.74, 6) is 1.11. The molecule has 7 nitrogen and oxygen atoms in total. The van der Waals surface area contributed by atoms with Crippen LogP contribution >= 0.6 is 0 Å². The molecular weight excluding hydrogens is 364 g/mol. The summed E-state index contributed by atoms with van der Waals surface area (Å²) in [5, 5.41) is 11.1. The van der Waals surface area contributed by atoms with Crippen molar-refractivity contribution < 1.29 is 4.52 Å². The molecule has 1 saturated heterocycles. The first-order valence-corrected chi connectivity index (χ1v) is 9.74. The first kappa shape index (κ1) is 17.6. The fraction of sp³-hybridized carbons (Fsp3) is 0.227. The standard InChI is InChI=1S/C22H22N6O/c1-27-12-14-28(15-13-27)19-8-6-17(7-9-19)21-24-22(29-26-21)18-4-2-16(3-5-18)20-10-11-23-25-20/h2-11H,12-15H2,1H3,(H,23,25). The molecule has 0 radical (unpaired) electrons. The van der Waals surface area contributed by atoms with Crippen molar-refractivity contribution in [3.8, 4) is 34.1 Å². The molecule has 29 heavy (non-hydrogen) atoms. The lowest BCUT2D eigenvalue weighted by molar-refractivity contribution is 0.313. The van der Waals surface area contributed by atoms with Crippen molar-refractivity contribution in [1.29, 1.82) is 0 Å². The van der Waals surface area contributed by atoms with E-state index in [1.165, 1.54) is 5.69 Å². The van der Waals surface area contributed by atoms with E-state index in [-0.39, 0.29) is 0 Å². The maximum atomic E-state index is 5.50. The highest BCUT2D eigenvalue weighted by Gasteiger charge is 2.15. The zero-order valence-electron chi connectivity index (χ0n) is 16.2. The van der Waals surface area contributed by atoms with Crippen molar-refractivity contribution >= 4 is 5.69 Å². The van der Waals surface area contributed by atoms with Gasteiger partial charge in [0.1, 0.15) is 0 Å². The fourth-order valence-electron chi connectivity index (χ4n) is 3.55. The Labute approximate surface area is 169 Å². The summed E-state index contributed by atoms with van der Waals surface area (Å²) in [6.45, 7) is 4.29. The minimum Gasteiger partial charge on any atom is -0.369 e. The van der Waals surface area contributed by atoms with Crippen molar-refractivity contribution in [2.75, 3.05) is 38.1 Å². The van der Waals surface area contributed by atoms with E-state index in [1.54, 1.807) is 6.20 Å². The van der Waals surface area contributed by atoms with E-state index in [2.05, 4.69) is 61.5 Å². The van der Waals surface area contributed by atoms with Crippen LogP contribution in [0.15, 0.2) is 65.3 Å². The van der Waals surface area contributed by atoms with Crippen molar-refractivity contribution in [3.05, 3.63) is 60.8 Å². The Morgan fingerprint density at radius 3 is 2.21 bits per heavy atom. The Kier molecular flexibility index (Phi) is 4.57. The third kappa shape index (κ3) is 3.64. The molecular formula is C22H22N6O. The van der Waals surface area contributed by atoms with E-state index in [0.29, 0.717) is 11.7 Å². The van der Waals surface area contributed by atoms with Crippen LogP contribution in [0.25, 0.3) is 34.1 Å². The predicted octanol–water partition coefficient (Wildman–Crippen LogP) is 3.55. The summed E-state index contributed by atoms with van der Waals surface area (Å²) in [5.41, 5.74) is 5.11. The first-order valence-electron chi connectivity index (χ1n) is 9.74. The Morgan fingerprint density at radius 1 is 0.828 bits per heavy atom. The molecule has 0 atom stereocenters. The van der Waals surface area contributed by atoms with E-state index in [4.69, 9.17) is 4.52 Å². The van der Waals surface area contributed by atoms with Crippen molar-refractivity contribution in [3.63, 3.8) is 0 Å². The number of nitrogens with zero attached hydrogens (tertiary/aromatic N) is 5. The summed E-state index contributed by atoms with van der Waals surface area (Å²) in [6, 6.07) is 18.3. The van der Waals surface area contributed by atoms with Gasteiger partial charge in [0.2, 0.25) is 5.82 Å². The normalized spacial score (nSPS) is 15.0. The molecule has 0 amide bonds. The van der Waals surface area contributed by atoms with Crippen LogP contribution in [0.5, 0.6) is 0 Å². The Bertz CT molecular complexity index is 1060. The van der Waals surface area contributed by atoms with Crippen LogP contribution in [-0.4, -0.2) is 58.5 Å². The Hall–Kier alpha value is -3.45. The molecule has 0 saturated carbocycles. The number of aromatic amines is 1. The van der Waals surface area contributed by atoms with Crippen molar-refractivity contribution in [2.24, 2.45) is 0 Å². The summed E-state index contributed by atoms with van der Waals surface area (Å²) in [6.07, 6.45) is 1.74. The monoisotopic (exact) mass is 386 g/mol. The highest BCUT2D eigenvalue weighted by molar-refractivity contribution is 5.66. The molecule has 1 N–H and O–H groups in total. The van der Waals surface area contributed by atoms with Gasteiger partial charge in [0.05, 0.1) is 5.69 Å². The lowest BCUT2D eigenvalue weighted by Crippen LogP contribution is -2.44. The van der Waals surface area contributed by atoms with Crippen molar-refractivity contribution in [1.82, 2.24) is 25.2 Å². The molecule has 0 spiro atoms. The zero-order valence-corrected chi connectivity index (χ0v) is 16.2. The maximum Gasteiger partial charge on any atom is 0.258 e. The zero-order chi connectivity index (χ0) is 19.6. The molecule has 3 heterocycles. The van der Waals surface area contributed by atoms with Crippen LogP contribution in [0.1, 0.15) is 0 Å². The van der Waals surface area contributed by atoms with Crippen LogP contribution in [0.4, 0.5) is 5.69 Å². The van der Waals surface area contributed by atoms with E-state index in [0.717, 1.165) is 48.6 Å². The average molecular weight is 386 g/mol. The van der Waals surface area contributed by atoms with Crippen LogP contribution in [0.2, 0.25) is 0 Å². The summed E-state index contributed by atoms with van der Waals surface area (Å²) < 4.78 is 5.50. The molecule has 1 aliphatic rings. The quantitative estimate of drug-likeness (QED) is 0.578. The van der Waals surface area contributed by atoms with Gasteiger partial charge in [-0.25, -0.2) is 0 Å². The highest BCUT2D eigenvalue weighted by atomic mass is 16.5. The molecule has 1 fully saturated rings. The van der Waals surface area contributed by atoms with Gasteiger partial charge >= 0.3 is 0 Å². The van der Waals surface area contributed by atoms with Gasteiger partial charge in [0, 0.05) is 49.2 Å². The number of piperazine rings is 1. The summed E-state index contributed by atoms with van der Waals surface area (Å²) in [7, 11) is 2.17. The minimum atomic E-state index is 0.513. The minimum absolute atomic E-state index is 0.513. The summed E-state index contributed by atoms with van der Waals surface area (Å²) in [4.78, 5) is 9.34. The lowest BCUT2D eigenvalue weighted by atomic mass is 10.1. The number of hydrogen-bond donors (Lipinski definition) is 1. The SMILES string of the molecule is CN1CCN(c2ccc(-c3noc(-c4ccc(-c5ccn[nH]5)cc4)n3)cc2)CC1. The maximum absolute atomic E-state index is 5.50. The number of H-pyrrole nitrogens is 1. The number of nitrogens with one attached hydrogen (secondary N) is 1. The van der Waals surface area contributed by atoms with Crippen molar-refractivity contribution in [2.45, 2.75) is 0 Å². The number of likely N-dealkylation sites (N-methyl/N-ethyl adjacent to an activating group) is 1. The second-order valence-electron chi connectivity index (χ2n) is 7.31. The fourth-order valence-corrected chi connectivity index (χ4v) is 3.55. The number of aromatic nitrogens is 4. The molecule has 0 unspecified atom stereocenters. The highest BCUT2D eigenvalue weighted by Crippen LogP contribution is 2.26. The largest absolute Gasteiger partial charge is 0.369 e. The predicted molar refractivity (Wildman–Crippen MR) is 112 cm³/mol. The molecule has 146 valence electrons. The molecule has 1 aliphatic heterocycles. The van der Waals surface area contributed by atoms with Crippen LogP contribution in [0.3, 0.4) is 0 Å². The smallest absolute Gasteiger partial charge is 0.258 e. The molecule has 0 aliphatic carbocycles. The van der Waals surface area contributed by atoms with Gasteiger partial charge in [-0.3, -0.25) is 5.10 Å². The third-order valence-electron chi connectivity index (χ3n) is 5.36. The third-order valence-corrected chi connectivity index (χ3v) is 5.36. The second-order valence-corrected chi connectivity index (χ2v) is 7.31.